The SMILES string of the molecule is Cc1sc2nc(S[C@@H](C)C(=O)N3CCCCCC3)n(C(C)C)c(=O)c2c1C. The van der Waals surface area contributed by atoms with Crippen LogP contribution in [0, 0.1) is 13.8 Å². The van der Waals surface area contributed by atoms with Crippen LogP contribution in [0.5, 0.6) is 0 Å². The Hall–Kier alpha value is -1.34. The molecule has 0 bridgehead atoms. The van der Waals surface area contributed by atoms with Crippen molar-refractivity contribution in [2.24, 2.45) is 0 Å². The fourth-order valence-corrected chi connectivity index (χ4v) is 5.78. The molecule has 2 aromatic heterocycles. The summed E-state index contributed by atoms with van der Waals surface area (Å²) < 4.78 is 1.75. The molecule has 3 heterocycles. The van der Waals surface area contributed by atoms with E-state index in [2.05, 4.69) is 0 Å². The molecule has 1 aliphatic heterocycles. The summed E-state index contributed by atoms with van der Waals surface area (Å²) in [7, 11) is 0. The lowest BCUT2D eigenvalue weighted by Gasteiger charge is -2.24. The largest absolute Gasteiger partial charge is 0.342 e. The van der Waals surface area contributed by atoms with Crippen LogP contribution in [-0.2, 0) is 4.79 Å². The van der Waals surface area contributed by atoms with Gasteiger partial charge in [0, 0.05) is 24.0 Å². The third-order valence-electron chi connectivity index (χ3n) is 5.27. The monoisotopic (exact) mass is 407 g/mol. The predicted molar refractivity (Wildman–Crippen MR) is 114 cm³/mol. The van der Waals surface area contributed by atoms with Crippen molar-refractivity contribution in [1.82, 2.24) is 14.5 Å². The molecule has 148 valence electrons. The topological polar surface area (TPSA) is 55.2 Å². The van der Waals surface area contributed by atoms with Gasteiger partial charge in [-0.05, 0) is 53.0 Å². The third kappa shape index (κ3) is 4.09. The zero-order chi connectivity index (χ0) is 19.7. The molecular weight excluding hydrogens is 378 g/mol. The Bertz CT molecular complexity index is 893. The van der Waals surface area contributed by atoms with Crippen LogP contribution in [0.25, 0.3) is 10.2 Å². The van der Waals surface area contributed by atoms with E-state index in [4.69, 9.17) is 4.98 Å². The molecule has 3 rings (SSSR count). The number of carbonyl (C=O) groups is 1. The molecule has 7 heteroatoms. The van der Waals surface area contributed by atoms with E-state index < -0.39 is 0 Å². The molecule has 27 heavy (non-hydrogen) atoms. The summed E-state index contributed by atoms with van der Waals surface area (Å²) in [5, 5.41) is 1.13. The van der Waals surface area contributed by atoms with Gasteiger partial charge in [0.25, 0.3) is 5.56 Å². The average Bonchev–Trinajstić information content (AvgIpc) is 2.80. The second-order valence-electron chi connectivity index (χ2n) is 7.63. The van der Waals surface area contributed by atoms with Gasteiger partial charge in [0.05, 0.1) is 10.6 Å². The minimum absolute atomic E-state index is 0.00278. The molecule has 0 spiro atoms. The Kier molecular flexibility index (Phi) is 6.31. The summed E-state index contributed by atoms with van der Waals surface area (Å²) >= 11 is 2.98. The van der Waals surface area contributed by atoms with E-state index in [0.29, 0.717) is 5.16 Å². The Morgan fingerprint density at radius 1 is 1.11 bits per heavy atom. The Morgan fingerprint density at radius 3 is 2.33 bits per heavy atom. The minimum Gasteiger partial charge on any atom is -0.342 e. The van der Waals surface area contributed by atoms with Crippen LogP contribution in [0.15, 0.2) is 9.95 Å². The van der Waals surface area contributed by atoms with Crippen molar-refractivity contribution in [3.8, 4) is 0 Å². The van der Waals surface area contributed by atoms with Gasteiger partial charge in [0.2, 0.25) is 5.91 Å². The van der Waals surface area contributed by atoms with E-state index in [1.807, 2.05) is 39.5 Å². The van der Waals surface area contributed by atoms with Gasteiger partial charge in [-0.25, -0.2) is 4.98 Å². The van der Waals surface area contributed by atoms with Crippen LogP contribution < -0.4 is 5.56 Å². The highest BCUT2D eigenvalue weighted by molar-refractivity contribution is 8.00. The number of likely N-dealkylation sites (tertiary alicyclic amines) is 1. The van der Waals surface area contributed by atoms with E-state index >= 15 is 0 Å². The molecule has 0 aliphatic carbocycles. The Balaban J connectivity index is 1.94. The van der Waals surface area contributed by atoms with Crippen molar-refractivity contribution in [3.63, 3.8) is 0 Å². The lowest BCUT2D eigenvalue weighted by molar-refractivity contribution is -0.130. The molecule has 1 fully saturated rings. The smallest absolute Gasteiger partial charge is 0.263 e. The van der Waals surface area contributed by atoms with Crippen molar-refractivity contribution in [1.29, 1.82) is 0 Å². The van der Waals surface area contributed by atoms with Crippen LogP contribution in [0.1, 0.15) is 62.9 Å². The van der Waals surface area contributed by atoms with Gasteiger partial charge in [0.1, 0.15) is 4.83 Å². The average molecular weight is 408 g/mol. The maximum absolute atomic E-state index is 13.1. The first kappa shape index (κ1) is 20.4. The van der Waals surface area contributed by atoms with Gasteiger partial charge in [-0.2, -0.15) is 0 Å². The van der Waals surface area contributed by atoms with Crippen molar-refractivity contribution >= 4 is 39.2 Å². The first-order valence-corrected chi connectivity index (χ1v) is 11.5. The molecular formula is C20H29N3O2S2. The van der Waals surface area contributed by atoms with E-state index in [0.717, 1.165) is 46.6 Å². The highest BCUT2D eigenvalue weighted by Crippen LogP contribution is 2.31. The van der Waals surface area contributed by atoms with E-state index in [1.54, 1.807) is 15.9 Å². The highest BCUT2D eigenvalue weighted by Gasteiger charge is 2.26. The second-order valence-corrected chi connectivity index (χ2v) is 10.1. The Morgan fingerprint density at radius 2 is 1.74 bits per heavy atom. The summed E-state index contributed by atoms with van der Waals surface area (Å²) in [5.41, 5.74) is 1.03. The molecule has 0 unspecified atom stereocenters. The number of amides is 1. The van der Waals surface area contributed by atoms with Gasteiger partial charge >= 0.3 is 0 Å². The second kappa shape index (κ2) is 8.35. The van der Waals surface area contributed by atoms with Crippen LogP contribution in [0.4, 0.5) is 0 Å². The maximum atomic E-state index is 13.1. The number of hydrogen-bond acceptors (Lipinski definition) is 5. The molecule has 1 aliphatic rings. The number of aryl methyl sites for hydroxylation is 2. The highest BCUT2D eigenvalue weighted by atomic mass is 32.2. The number of thiophene rings is 1. The number of aromatic nitrogens is 2. The van der Waals surface area contributed by atoms with Crippen LogP contribution >= 0.6 is 23.1 Å². The molecule has 5 nitrogen and oxygen atoms in total. The zero-order valence-electron chi connectivity index (χ0n) is 16.9. The first-order chi connectivity index (χ1) is 12.8. The number of hydrogen-bond donors (Lipinski definition) is 0. The van der Waals surface area contributed by atoms with Crippen LogP contribution in [-0.4, -0.2) is 38.7 Å². The third-order valence-corrected chi connectivity index (χ3v) is 7.42. The van der Waals surface area contributed by atoms with Gasteiger partial charge in [-0.1, -0.05) is 24.6 Å². The van der Waals surface area contributed by atoms with Gasteiger partial charge in [-0.15, -0.1) is 11.3 Å². The van der Waals surface area contributed by atoms with Crippen molar-refractivity contribution in [2.45, 2.75) is 76.8 Å². The summed E-state index contributed by atoms with van der Waals surface area (Å²) in [6.45, 7) is 11.6. The molecule has 2 aromatic rings. The quantitative estimate of drug-likeness (QED) is 0.551. The van der Waals surface area contributed by atoms with Gasteiger partial charge < -0.3 is 4.90 Å². The van der Waals surface area contributed by atoms with Gasteiger partial charge in [-0.3, -0.25) is 14.2 Å². The Labute approximate surface area is 169 Å². The lowest BCUT2D eigenvalue weighted by atomic mass is 10.2. The molecule has 1 saturated heterocycles. The van der Waals surface area contributed by atoms with E-state index in [1.165, 1.54) is 24.6 Å². The number of rotatable bonds is 4. The van der Waals surface area contributed by atoms with Crippen molar-refractivity contribution < 1.29 is 4.79 Å². The summed E-state index contributed by atoms with van der Waals surface area (Å²) in [5.74, 6) is 0.157. The number of nitrogens with zero attached hydrogens (tertiary/aromatic N) is 3. The molecule has 1 amide bonds. The summed E-state index contributed by atoms with van der Waals surface area (Å²) in [4.78, 5) is 34.8. The van der Waals surface area contributed by atoms with Crippen molar-refractivity contribution in [3.05, 3.63) is 20.8 Å². The molecule has 0 saturated carbocycles. The number of fused-ring (bicyclic) bond motifs is 1. The normalized spacial score (nSPS) is 16.7. The summed E-state index contributed by atoms with van der Waals surface area (Å²) in [6.07, 6.45) is 4.57. The number of carbonyl (C=O) groups excluding carboxylic acids is 1. The standard InChI is InChI=1S/C20H29N3O2S2/c1-12(2)23-19(25)16-13(3)14(4)26-17(16)21-20(23)27-15(5)18(24)22-10-8-6-7-9-11-22/h12,15H,6-11H2,1-5H3/t15-/m0/s1. The first-order valence-electron chi connectivity index (χ1n) is 9.79. The van der Waals surface area contributed by atoms with E-state index in [9.17, 15) is 9.59 Å². The number of thioether (sulfide) groups is 1. The maximum Gasteiger partial charge on any atom is 0.263 e. The lowest BCUT2D eigenvalue weighted by Crippen LogP contribution is -2.37. The molecule has 0 aromatic carbocycles. The molecule has 1 atom stereocenters. The minimum atomic E-state index is -0.250. The zero-order valence-corrected chi connectivity index (χ0v) is 18.5. The van der Waals surface area contributed by atoms with Crippen molar-refractivity contribution in [2.75, 3.05) is 13.1 Å². The predicted octanol–water partition coefficient (Wildman–Crippen LogP) is 4.54. The molecule has 0 N–H and O–H groups in total. The molecule has 0 radical (unpaired) electrons. The fraction of sp³-hybridized carbons (Fsp3) is 0.650. The summed E-state index contributed by atoms with van der Waals surface area (Å²) in [6, 6.07) is -0.00278. The van der Waals surface area contributed by atoms with E-state index in [-0.39, 0.29) is 22.8 Å². The van der Waals surface area contributed by atoms with Crippen LogP contribution in [0.2, 0.25) is 0 Å². The van der Waals surface area contributed by atoms with Gasteiger partial charge in [0.15, 0.2) is 5.16 Å². The fourth-order valence-electron chi connectivity index (χ4n) is 3.58. The van der Waals surface area contributed by atoms with Crippen LogP contribution in [0.3, 0.4) is 0 Å².